The highest BCUT2D eigenvalue weighted by Crippen LogP contribution is 2.47. The number of benzene rings is 6. The monoisotopic (exact) mass is 832 g/mol. The lowest BCUT2D eigenvalue weighted by atomic mass is 9.33. The summed E-state index contributed by atoms with van der Waals surface area (Å²) in [5.74, 6) is 0.641. The minimum Gasteiger partial charge on any atom is -0.436 e. The second kappa shape index (κ2) is 14.2. The lowest BCUT2D eigenvalue weighted by Gasteiger charge is -2.45. The Morgan fingerprint density at radius 2 is 0.905 bits per heavy atom. The molecule has 4 nitrogen and oxygen atoms in total. The highest BCUT2D eigenvalue weighted by molar-refractivity contribution is 7.00. The zero-order valence-corrected chi connectivity index (χ0v) is 40.7. The minimum atomic E-state index is -0.0605. The topological polar surface area (TPSA) is 32.5 Å². The first-order chi connectivity index (χ1) is 29.3. The summed E-state index contributed by atoms with van der Waals surface area (Å²) in [6.45, 7) is 36.7. The van der Waals surface area contributed by atoms with E-state index in [1.807, 2.05) is 0 Å². The van der Waals surface area contributed by atoms with Crippen LogP contribution >= 0.6 is 0 Å². The fourth-order valence-corrected chi connectivity index (χ4v) is 9.53. The van der Waals surface area contributed by atoms with E-state index in [2.05, 4.69) is 230 Å². The first kappa shape index (κ1) is 42.7. The Kier molecular flexibility index (Phi) is 9.65. The molecule has 0 radical (unpaired) electrons. The van der Waals surface area contributed by atoms with E-state index in [-0.39, 0.29) is 33.8 Å². The van der Waals surface area contributed by atoms with E-state index in [0.29, 0.717) is 5.89 Å². The maximum Gasteiger partial charge on any atom is 0.252 e. The molecule has 6 aromatic carbocycles. The minimum absolute atomic E-state index is 0.0444. The molecule has 0 amide bonds. The van der Waals surface area contributed by atoms with Crippen LogP contribution < -0.4 is 26.2 Å². The Morgan fingerprint density at radius 3 is 1.43 bits per heavy atom. The molecule has 0 aliphatic carbocycles. The predicted octanol–water partition coefficient (Wildman–Crippen LogP) is 14.4. The molecule has 2 aliphatic rings. The molecule has 0 unspecified atom stereocenters. The highest BCUT2D eigenvalue weighted by atomic mass is 16.3. The molecule has 2 aliphatic heterocycles. The van der Waals surface area contributed by atoms with Crippen LogP contribution in [0.4, 0.5) is 34.1 Å². The smallest absolute Gasteiger partial charge is 0.252 e. The van der Waals surface area contributed by atoms with Crippen molar-refractivity contribution in [3.63, 3.8) is 0 Å². The van der Waals surface area contributed by atoms with Gasteiger partial charge in [0.15, 0.2) is 5.58 Å². The van der Waals surface area contributed by atoms with Crippen molar-refractivity contribution in [3.8, 4) is 11.5 Å². The fraction of sp³-hybridized carbons (Fsp3) is 0.362. The molecule has 0 atom stereocenters. The molecule has 0 bridgehead atoms. The number of hydrogen-bond donors (Lipinski definition) is 0. The van der Waals surface area contributed by atoms with Crippen LogP contribution in [0.3, 0.4) is 0 Å². The molecular weight excluding hydrogens is 765 g/mol. The first-order valence-corrected chi connectivity index (χ1v) is 23.0. The Morgan fingerprint density at radius 1 is 0.429 bits per heavy atom. The third-order valence-corrected chi connectivity index (χ3v) is 13.5. The zero-order valence-electron chi connectivity index (χ0n) is 40.7. The number of aromatic nitrogens is 1. The third-order valence-electron chi connectivity index (χ3n) is 13.5. The van der Waals surface area contributed by atoms with Crippen LogP contribution in [0.2, 0.25) is 0 Å². The van der Waals surface area contributed by atoms with Gasteiger partial charge in [-0.1, -0.05) is 146 Å². The lowest BCUT2D eigenvalue weighted by molar-refractivity contribution is 0.568. The van der Waals surface area contributed by atoms with Crippen molar-refractivity contribution >= 4 is 68.3 Å². The van der Waals surface area contributed by atoms with E-state index in [1.165, 1.54) is 66.8 Å². The standard InChI is InChI=1S/C58H66BN3O/c1-35-27-49-52-50(28-35)62(43-30-40(57(11,12)13)29-41(31-43)58(14,15)16)48-34-46-51(63-53(60-46)36-17-19-37(20-18-36)54(2,3)4)33-45(48)59(52)44-32-39(56(8,9)10)23-26-47(44)61(49)42-24-21-38(22-25-42)55(5,6)7/h17-34H,1-16H3. The number of anilines is 6. The molecule has 0 saturated heterocycles. The van der Waals surface area contributed by atoms with Gasteiger partial charge in [-0.15, -0.1) is 0 Å². The van der Waals surface area contributed by atoms with Crippen LogP contribution in [-0.2, 0) is 27.1 Å². The molecule has 9 rings (SSSR count). The first-order valence-electron chi connectivity index (χ1n) is 23.0. The fourth-order valence-electron chi connectivity index (χ4n) is 9.53. The van der Waals surface area contributed by atoms with Gasteiger partial charge in [0.2, 0.25) is 5.89 Å². The maximum absolute atomic E-state index is 6.82. The van der Waals surface area contributed by atoms with Gasteiger partial charge in [-0.3, -0.25) is 0 Å². The highest BCUT2D eigenvalue weighted by Gasteiger charge is 2.45. The summed E-state index contributed by atoms with van der Waals surface area (Å²) in [5, 5.41) is 0. The van der Waals surface area contributed by atoms with Crippen molar-refractivity contribution in [2.75, 3.05) is 9.80 Å². The number of nitrogens with zero attached hydrogens (tertiary/aromatic N) is 3. The number of rotatable bonds is 3. The predicted molar refractivity (Wildman–Crippen MR) is 272 cm³/mol. The Labute approximate surface area is 377 Å². The van der Waals surface area contributed by atoms with Crippen molar-refractivity contribution in [2.45, 2.75) is 138 Å². The summed E-state index contributed by atoms with van der Waals surface area (Å²) < 4.78 is 6.82. The van der Waals surface area contributed by atoms with E-state index < -0.39 is 0 Å². The van der Waals surface area contributed by atoms with Crippen LogP contribution in [0, 0.1) is 6.92 Å². The summed E-state index contributed by atoms with van der Waals surface area (Å²) in [6.07, 6.45) is 0. The molecule has 0 fully saturated rings. The SMILES string of the molecule is Cc1cc2c3c(c1)N(c1cc(C(C)(C)C)cc(C(C)(C)C)c1)c1cc4nc(-c5ccc(C(C)(C)C)cc5)oc4cc1B3c1cc(C(C)(C)C)ccc1N2c1ccc(C(C)(C)C)cc1. The molecule has 1 aromatic heterocycles. The lowest BCUT2D eigenvalue weighted by Crippen LogP contribution is -2.61. The van der Waals surface area contributed by atoms with E-state index in [0.717, 1.165) is 33.7 Å². The normalized spacial score (nSPS) is 14.3. The number of fused-ring (bicyclic) bond motifs is 5. The van der Waals surface area contributed by atoms with E-state index >= 15 is 0 Å². The summed E-state index contributed by atoms with van der Waals surface area (Å²) in [6, 6.07) is 41.9. The van der Waals surface area contributed by atoms with E-state index in [4.69, 9.17) is 9.40 Å². The number of aryl methyl sites for hydroxylation is 1. The molecular formula is C58H66BN3O. The van der Waals surface area contributed by atoms with Crippen LogP contribution in [0.1, 0.15) is 137 Å². The average Bonchev–Trinajstić information content (AvgIpc) is 3.61. The Bertz CT molecular complexity index is 2890. The summed E-state index contributed by atoms with van der Waals surface area (Å²) in [7, 11) is 0. The molecule has 0 saturated carbocycles. The van der Waals surface area contributed by atoms with Crippen molar-refractivity contribution in [1.29, 1.82) is 0 Å². The molecule has 322 valence electrons. The second-order valence-corrected chi connectivity index (χ2v) is 23.6. The molecule has 0 N–H and O–H groups in total. The zero-order chi connectivity index (χ0) is 45.3. The van der Waals surface area contributed by atoms with Crippen LogP contribution in [0.5, 0.6) is 0 Å². The molecule has 63 heavy (non-hydrogen) atoms. The van der Waals surface area contributed by atoms with Crippen molar-refractivity contribution in [2.24, 2.45) is 0 Å². The second-order valence-electron chi connectivity index (χ2n) is 23.6. The summed E-state index contributed by atoms with van der Waals surface area (Å²) in [5.41, 5.74) is 21.3. The number of oxazole rings is 1. The molecule has 5 heteroatoms. The quantitative estimate of drug-likeness (QED) is 0.166. The Balaban J connectivity index is 1.37. The number of hydrogen-bond acceptors (Lipinski definition) is 4. The van der Waals surface area contributed by atoms with Gasteiger partial charge in [0.05, 0.1) is 0 Å². The van der Waals surface area contributed by atoms with Gasteiger partial charge < -0.3 is 14.2 Å². The molecule has 0 spiro atoms. The van der Waals surface area contributed by atoms with E-state index in [1.54, 1.807) is 0 Å². The van der Waals surface area contributed by atoms with Crippen molar-refractivity contribution in [1.82, 2.24) is 4.98 Å². The third kappa shape index (κ3) is 7.49. The molecule has 3 heterocycles. The molecule has 7 aromatic rings. The van der Waals surface area contributed by atoms with Gasteiger partial charge in [0.25, 0.3) is 6.71 Å². The van der Waals surface area contributed by atoms with Gasteiger partial charge in [-0.25, -0.2) is 4.98 Å². The van der Waals surface area contributed by atoms with Crippen molar-refractivity contribution < 1.29 is 4.42 Å². The van der Waals surface area contributed by atoms with Crippen LogP contribution in [0.25, 0.3) is 22.6 Å². The van der Waals surface area contributed by atoms with Gasteiger partial charge in [0, 0.05) is 39.7 Å². The summed E-state index contributed by atoms with van der Waals surface area (Å²) in [4.78, 5) is 10.3. The van der Waals surface area contributed by atoms with Gasteiger partial charge in [-0.2, -0.15) is 0 Å². The van der Waals surface area contributed by atoms with Crippen molar-refractivity contribution in [3.05, 3.63) is 143 Å². The largest absolute Gasteiger partial charge is 0.436 e. The van der Waals surface area contributed by atoms with Gasteiger partial charge in [0.1, 0.15) is 5.52 Å². The Hall–Kier alpha value is -5.55. The summed E-state index contributed by atoms with van der Waals surface area (Å²) >= 11 is 0. The van der Waals surface area contributed by atoms with E-state index in [9.17, 15) is 0 Å². The van der Waals surface area contributed by atoms with Gasteiger partial charge >= 0.3 is 0 Å². The van der Waals surface area contributed by atoms with Gasteiger partial charge in [-0.05, 0) is 150 Å². The van der Waals surface area contributed by atoms with Crippen LogP contribution in [-0.4, -0.2) is 11.7 Å². The average molecular weight is 832 g/mol. The maximum atomic E-state index is 6.82. The van der Waals surface area contributed by atoms with Crippen LogP contribution in [0.15, 0.2) is 114 Å².